The molecule has 0 bridgehead atoms. The van der Waals surface area contributed by atoms with Gasteiger partial charge in [-0.3, -0.25) is 4.79 Å². The van der Waals surface area contributed by atoms with Crippen molar-refractivity contribution in [1.82, 2.24) is 14.9 Å². The number of thiophene rings is 1. The Morgan fingerprint density at radius 2 is 2.06 bits per heavy atom. The minimum atomic E-state index is -0.0615. The second kappa shape index (κ2) is 7.91. The van der Waals surface area contributed by atoms with Gasteiger partial charge in [-0.1, -0.05) is 13.8 Å². The third kappa shape index (κ3) is 3.83. The third-order valence-electron chi connectivity index (χ3n) is 6.39. The van der Waals surface area contributed by atoms with E-state index in [4.69, 9.17) is 14.4 Å². The first-order valence-corrected chi connectivity index (χ1v) is 11.8. The van der Waals surface area contributed by atoms with E-state index in [9.17, 15) is 9.90 Å². The van der Waals surface area contributed by atoms with E-state index >= 15 is 0 Å². The van der Waals surface area contributed by atoms with Crippen LogP contribution < -0.4 is 4.90 Å². The van der Waals surface area contributed by atoms with E-state index in [1.165, 1.54) is 22.1 Å². The SMILES string of the molecule is CC1(C)CCc2c(sc3nc(CCO)nc(N4CCN(C(=O)c5ccco5)CC4)c23)C1. The fourth-order valence-electron chi connectivity index (χ4n) is 4.64. The molecule has 1 saturated heterocycles. The molecule has 4 heterocycles. The largest absolute Gasteiger partial charge is 0.459 e. The van der Waals surface area contributed by atoms with E-state index in [-0.39, 0.29) is 12.5 Å². The highest BCUT2D eigenvalue weighted by Crippen LogP contribution is 2.44. The van der Waals surface area contributed by atoms with Crippen molar-refractivity contribution < 1.29 is 14.3 Å². The molecule has 2 aliphatic rings. The maximum absolute atomic E-state index is 12.6. The maximum Gasteiger partial charge on any atom is 0.289 e. The molecule has 0 unspecified atom stereocenters. The second-order valence-corrected chi connectivity index (χ2v) is 10.3. The van der Waals surface area contributed by atoms with E-state index in [0.717, 1.165) is 29.9 Å². The third-order valence-corrected chi connectivity index (χ3v) is 7.51. The van der Waals surface area contributed by atoms with Gasteiger partial charge in [-0.25, -0.2) is 9.97 Å². The zero-order valence-corrected chi connectivity index (χ0v) is 18.9. The fourth-order valence-corrected chi connectivity index (χ4v) is 6.13. The Labute approximate surface area is 185 Å². The van der Waals surface area contributed by atoms with Crippen molar-refractivity contribution in [2.45, 2.75) is 39.5 Å². The van der Waals surface area contributed by atoms with Crippen LogP contribution in [0.4, 0.5) is 5.82 Å². The normalized spacial score (nSPS) is 18.4. The van der Waals surface area contributed by atoms with E-state index in [1.54, 1.807) is 23.5 Å². The van der Waals surface area contributed by atoms with Gasteiger partial charge >= 0.3 is 0 Å². The van der Waals surface area contributed by atoms with Crippen molar-refractivity contribution >= 4 is 33.3 Å². The number of carbonyl (C=O) groups is 1. The number of hydrogen-bond acceptors (Lipinski definition) is 7. The number of furan rings is 1. The number of nitrogens with zero attached hydrogens (tertiary/aromatic N) is 4. The zero-order valence-electron chi connectivity index (χ0n) is 18.1. The number of carbonyl (C=O) groups excluding carboxylic acids is 1. The molecular weight excluding hydrogens is 412 g/mol. The molecule has 5 rings (SSSR count). The van der Waals surface area contributed by atoms with Gasteiger partial charge in [-0.15, -0.1) is 11.3 Å². The van der Waals surface area contributed by atoms with Crippen LogP contribution >= 0.6 is 11.3 Å². The number of amides is 1. The summed E-state index contributed by atoms with van der Waals surface area (Å²) in [5.41, 5.74) is 1.71. The van der Waals surface area contributed by atoms with Crippen LogP contribution in [0, 0.1) is 5.41 Å². The molecule has 1 aliphatic heterocycles. The predicted octanol–water partition coefficient (Wildman–Crippen LogP) is 3.30. The highest BCUT2D eigenvalue weighted by Gasteiger charge is 2.32. The highest BCUT2D eigenvalue weighted by molar-refractivity contribution is 7.19. The van der Waals surface area contributed by atoms with Gasteiger partial charge in [0.1, 0.15) is 16.5 Å². The molecule has 1 amide bonds. The molecule has 7 nitrogen and oxygen atoms in total. The van der Waals surface area contributed by atoms with Crippen molar-refractivity contribution in [2.75, 3.05) is 37.7 Å². The Balaban J connectivity index is 1.46. The second-order valence-electron chi connectivity index (χ2n) is 9.22. The van der Waals surface area contributed by atoms with E-state index in [1.807, 2.05) is 4.90 Å². The first kappa shape index (κ1) is 20.5. The molecule has 0 spiro atoms. The van der Waals surface area contributed by atoms with Crippen molar-refractivity contribution in [2.24, 2.45) is 5.41 Å². The van der Waals surface area contributed by atoms with Crippen molar-refractivity contribution in [3.8, 4) is 0 Å². The molecule has 1 aliphatic carbocycles. The lowest BCUT2D eigenvalue weighted by Gasteiger charge is -2.36. The number of piperazine rings is 1. The monoisotopic (exact) mass is 440 g/mol. The lowest BCUT2D eigenvalue weighted by Crippen LogP contribution is -2.49. The van der Waals surface area contributed by atoms with Crippen LogP contribution in [0.5, 0.6) is 0 Å². The fraction of sp³-hybridized carbons (Fsp3) is 0.522. The van der Waals surface area contributed by atoms with Gasteiger partial charge in [-0.2, -0.15) is 0 Å². The van der Waals surface area contributed by atoms with Gasteiger partial charge in [0.05, 0.1) is 18.3 Å². The molecule has 8 heteroatoms. The van der Waals surface area contributed by atoms with E-state index in [0.29, 0.717) is 49.6 Å². The molecule has 164 valence electrons. The van der Waals surface area contributed by atoms with E-state index < -0.39 is 0 Å². The summed E-state index contributed by atoms with van der Waals surface area (Å²) in [6, 6.07) is 3.45. The molecule has 0 aromatic carbocycles. The molecule has 0 radical (unpaired) electrons. The molecule has 1 N–H and O–H groups in total. The minimum absolute atomic E-state index is 0.0362. The molecule has 0 atom stereocenters. The van der Waals surface area contributed by atoms with Crippen LogP contribution in [0.15, 0.2) is 22.8 Å². The van der Waals surface area contributed by atoms with Crippen molar-refractivity contribution in [1.29, 1.82) is 0 Å². The van der Waals surface area contributed by atoms with Crippen LogP contribution in [0.1, 0.15) is 47.1 Å². The van der Waals surface area contributed by atoms with E-state index in [2.05, 4.69) is 18.7 Å². The lowest BCUT2D eigenvalue weighted by molar-refractivity contribution is 0.0714. The Kier molecular flexibility index (Phi) is 5.22. The number of aromatic nitrogens is 2. The molecule has 3 aromatic heterocycles. The van der Waals surface area contributed by atoms with Gasteiger partial charge in [0.15, 0.2) is 5.76 Å². The number of anilines is 1. The van der Waals surface area contributed by atoms with Crippen LogP contribution in [0.3, 0.4) is 0 Å². The summed E-state index contributed by atoms with van der Waals surface area (Å²) in [6.07, 6.45) is 5.27. The van der Waals surface area contributed by atoms with Crippen molar-refractivity contribution in [3.05, 3.63) is 40.4 Å². The summed E-state index contributed by atoms with van der Waals surface area (Å²) in [5.74, 6) is 1.99. The van der Waals surface area contributed by atoms with Gasteiger partial charge in [0.2, 0.25) is 0 Å². The first-order valence-electron chi connectivity index (χ1n) is 10.9. The van der Waals surface area contributed by atoms with Gasteiger partial charge in [-0.05, 0) is 42.4 Å². The number of fused-ring (bicyclic) bond motifs is 3. The number of aliphatic hydroxyl groups excluding tert-OH is 1. The molecule has 1 fully saturated rings. The summed E-state index contributed by atoms with van der Waals surface area (Å²) in [6.45, 7) is 7.38. The average molecular weight is 441 g/mol. The summed E-state index contributed by atoms with van der Waals surface area (Å²) in [7, 11) is 0. The molecule has 0 saturated carbocycles. The quantitative estimate of drug-likeness (QED) is 0.670. The number of rotatable bonds is 4. The topological polar surface area (TPSA) is 82.7 Å². The van der Waals surface area contributed by atoms with Crippen LogP contribution in [-0.4, -0.2) is 58.7 Å². The van der Waals surface area contributed by atoms with Crippen LogP contribution in [-0.2, 0) is 19.3 Å². The molecular formula is C23H28N4O3S. The molecule has 31 heavy (non-hydrogen) atoms. The molecule has 3 aromatic rings. The van der Waals surface area contributed by atoms with Gasteiger partial charge in [0.25, 0.3) is 5.91 Å². The Morgan fingerprint density at radius 3 is 2.77 bits per heavy atom. The first-order chi connectivity index (χ1) is 14.9. The Morgan fingerprint density at radius 1 is 1.26 bits per heavy atom. The van der Waals surface area contributed by atoms with Gasteiger partial charge in [0, 0.05) is 37.5 Å². The maximum atomic E-state index is 12.6. The number of aryl methyl sites for hydroxylation is 1. The number of hydrogen-bond donors (Lipinski definition) is 1. The average Bonchev–Trinajstić information content (AvgIpc) is 3.40. The Bertz CT molecular complexity index is 1100. The lowest BCUT2D eigenvalue weighted by atomic mass is 9.77. The predicted molar refractivity (Wildman–Crippen MR) is 121 cm³/mol. The minimum Gasteiger partial charge on any atom is -0.459 e. The zero-order chi connectivity index (χ0) is 21.6. The number of aliphatic hydroxyl groups is 1. The van der Waals surface area contributed by atoms with Gasteiger partial charge < -0.3 is 19.3 Å². The smallest absolute Gasteiger partial charge is 0.289 e. The van der Waals surface area contributed by atoms with Crippen molar-refractivity contribution in [3.63, 3.8) is 0 Å². The Hall–Kier alpha value is -2.45. The summed E-state index contributed by atoms with van der Waals surface area (Å²) >= 11 is 1.79. The summed E-state index contributed by atoms with van der Waals surface area (Å²) in [5, 5.41) is 10.7. The van der Waals surface area contributed by atoms with Crippen LogP contribution in [0.2, 0.25) is 0 Å². The van der Waals surface area contributed by atoms with Crippen LogP contribution in [0.25, 0.3) is 10.2 Å². The summed E-state index contributed by atoms with van der Waals surface area (Å²) in [4.78, 5) is 28.9. The summed E-state index contributed by atoms with van der Waals surface area (Å²) < 4.78 is 5.28. The standard InChI is InChI=1S/C23H28N4O3S/c1-23(2)7-5-15-17(14-23)31-21-19(15)20(24-18(25-21)6-12-28)26-8-10-27(11-9-26)22(29)16-4-3-13-30-16/h3-4,13,28H,5-12,14H2,1-2H3. The highest BCUT2D eigenvalue weighted by atomic mass is 32.1.